The fraction of sp³-hybridized carbons (Fsp3) is 0.214. The second kappa shape index (κ2) is 7.24. The van der Waals surface area contributed by atoms with E-state index >= 15 is 0 Å². The minimum atomic E-state index is -0.212. The van der Waals surface area contributed by atoms with E-state index in [0.717, 1.165) is 5.56 Å². The topological polar surface area (TPSA) is 64.1 Å². The number of carbonyl (C=O) groups is 1. The molecular weight excluding hydrogens is 313 g/mol. The van der Waals surface area contributed by atoms with Crippen LogP contribution in [0.5, 0.6) is 5.75 Å². The molecule has 5 nitrogen and oxygen atoms in total. The lowest BCUT2D eigenvalue weighted by atomic mass is 10.2. The van der Waals surface area contributed by atoms with E-state index in [1.807, 2.05) is 6.92 Å². The van der Waals surface area contributed by atoms with Crippen LogP contribution in [-0.4, -0.2) is 22.5 Å². The molecule has 2 aromatic rings. The van der Waals surface area contributed by atoms with Gasteiger partial charge in [-0.15, -0.1) is 0 Å². The van der Waals surface area contributed by atoms with Gasteiger partial charge in [-0.25, -0.2) is 9.97 Å². The Kier molecular flexibility index (Phi) is 5.36. The van der Waals surface area contributed by atoms with E-state index < -0.39 is 0 Å². The van der Waals surface area contributed by atoms with Gasteiger partial charge in [0.2, 0.25) is 5.91 Å². The Morgan fingerprint density at radius 2 is 2.10 bits per heavy atom. The number of ether oxygens (including phenoxy) is 1. The molecule has 0 fully saturated rings. The molecule has 1 amide bonds. The largest absolute Gasteiger partial charge is 0.492 e. The number of nitrogens with zero attached hydrogens (tertiary/aromatic N) is 2. The van der Waals surface area contributed by atoms with Crippen molar-refractivity contribution >= 4 is 34.9 Å². The van der Waals surface area contributed by atoms with Crippen molar-refractivity contribution in [1.29, 1.82) is 0 Å². The van der Waals surface area contributed by atoms with Crippen molar-refractivity contribution in [1.82, 2.24) is 9.97 Å². The van der Waals surface area contributed by atoms with Crippen LogP contribution in [0.15, 0.2) is 30.6 Å². The van der Waals surface area contributed by atoms with E-state index in [2.05, 4.69) is 15.3 Å². The zero-order valence-electron chi connectivity index (χ0n) is 11.3. The highest BCUT2D eigenvalue weighted by Crippen LogP contribution is 2.25. The summed E-state index contributed by atoms with van der Waals surface area (Å²) in [4.78, 5) is 19.9. The fourth-order valence-corrected chi connectivity index (χ4v) is 1.91. The molecule has 2 rings (SSSR count). The predicted octanol–water partition coefficient (Wildman–Crippen LogP) is 3.36. The quantitative estimate of drug-likeness (QED) is 0.856. The average Bonchev–Trinajstić information content (AvgIpc) is 2.45. The lowest BCUT2D eigenvalue weighted by Crippen LogP contribution is -2.15. The van der Waals surface area contributed by atoms with Gasteiger partial charge in [-0.2, -0.15) is 0 Å². The first-order chi connectivity index (χ1) is 10.1. The molecule has 0 radical (unpaired) electrons. The standard InChI is InChI=1S/C14H13Cl2N3O2/c1-2-21-11-6-13(18-8-10(11)15)19-14(20)5-9-3-4-12(16)17-7-9/h3-4,6-8H,2,5H2,1H3,(H,18,19,20). The van der Waals surface area contributed by atoms with E-state index in [1.165, 1.54) is 6.20 Å². The SMILES string of the molecule is CCOc1cc(NC(=O)Cc2ccc(Cl)nc2)ncc1Cl. The van der Waals surface area contributed by atoms with Crippen molar-refractivity contribution in [2.45, 2.75) is 13.3 Å². The van der Waals surface area contributed by atoms with Crippen LogP contribution in [0.25, 0.3) is 0 Å². The third-order valence-electron chi connectivity index (χ3n) is 2.54. The van der Waals surface area contributed by atoms with Gasteiger partial charge in [0.25, 0.3) is 0 Å². The van der Waals surface area contributed by atoms with Crippen LogP contribution >= 0.6 is 23.2 Å². The van der Waals surface area contributed by atoms with Crippen molar-refractivity contribution in [3.05, 3.63) is 46.3 Å². The number of anilines is 1. The summed E-state index contributed by atoms with van der Waals surface area (Å²) < 4.78 is 5.34. The molecule has 0 saturated carbocycles. The van der Waals surface area contributed by atoms with Gasteiger partial charge in [-0.1, -0.05) is 29.3 Å². The van der Waals surface area contributed by atoms with E-state index in [-0.39, 0.29) is 12.3 Å². The van der Waals surface area contributed by atoms with Gasteiger partial charge in [0.05, 0.1) is 19.2 Å². The van der Waals surface area contributed by atoms with Crippen LogP contribution < -0.4 is 10.1 Å². The molecule has 21 heavy (non-hydrogen) atoms. The van der Waals surface area contributed by atoms with Crippen molar-refractivity contribution in [3.63, 3.8) is 0 Å². The molecule has 110 valence electrons. The monoisotopic (exact) mass is 325 g/mol. The summed E-state index contributed by atoms with van der Waals surface area (Å²) in [6, 6.07) is 4.97. The first kappa shape index (κ1) is 15.5. The Morgan fingerprint density at radius 3 is 2.76 bits per heavy atom. The first-order valence-electron chi connectivity index (χ1n) is 6.27. The summed E-state index contributed by atoms with van der Waals surface area (Å²) >= 11 is 11.6. The van der Waals surface area contributed by atoms with Crippen molar-refractivity contribution in [3.8, 4) is 5.75 Å². The second-order valence-electron chi connectivity index (χ2n) is 4.15. The van der Waals surface area contributed by atoms with Gasteiger partial charge in [-0.3, -0.25) is 4.79 Å². The lowest BCUT2D eigenvalue weighted by Gasteiger charge is -2.08. The number of pyridine rings is 2. The number of amides is 1. The third kappa shape index (κ3) is 4.58. The molecule has 0 unspecified atom stereocenters. The Labute approximate surface area is 132 Å². The number of hydrogen-bond acceptors (Lipinski definition) is 4. The molecule has 0 aliphatic rings. The van der Waals surface area contributed by atoms with Crippen LogP contribution in [0.3, 0.4) is 0 Å². The Morgan fingerprint density at radius 1 is 1.29 bits per heavy atom. The summed E-state index contributed by atoms with van der Waals surface area (Å²) in [5.74, 6) is 0.656. The highest BCUT2D eigenvalue weighted by Gasteiger charge is 2.08. The van der Waals surface area contributed by atoms with Crippen LogP contribution in [0.2, 0.25) is 10.2 Å². The lowest BCUT2D eigenvalue weighted by molar-refractivity contribution is -0.115. The Bertz CT molecular complexity index is 633. The summed E-state index contributed by atoms with van der Waals surface area (Å²) in [6.07, 6.45) is 3.17. The van der Waals surface area contributed by atoms with Gasteiger partial charge in [-0.05, 0) is 18.6 Å². The highest BCUT2D eigenvalue weighted by molar-refractivity contribution is 6.32. The summed E-state index contributed by atoms with van der Waals surface area (Å²) in [6.45, 7) is 2.33. The number of aromatic nitrogens is 2. The third-order valence-corrected chi connectivity index (χ3v) is 3.05. The van der Waals surface area contributed by atoms with Gasteiger partial charge < -0.3 is 10.1 Å². The summed E-state index contributed by atoms with van der Waals surface area (Å²) in [5.41, 5.74) is 0.760. The van der Waals surface area contributed by atoms with Gasteiger partial charge >= 0.3 is 0 Å². The second-order valence-corrected chi connectivity index (χ2v) is 4.94. The van der Waals surface area contributed by atoms with Crippen molar-refractivity contribution in [2.24, 2.45) is 0 Å². The molecule has 0 aliphatic carbocycles. The Balaban J connectivity index is 2.02. The first-order valence-corrected chi connectivity index (χ1v) is 7.02. The van der Waals surface area contributed by atoms with Crippen LogP contribution in [0, 0.1) is 0 Å². The molecule has 2 aromatic heterocycles. The number of rotatable bonds is 5. The normalized spacial score (nSPS) is 10.2. The number of carbonyl (C=O) groups excluding carboxylic acids is 1. The van der Waals surface area contributed by atoms with Crippen LogP contribution in [0.4, 0.5) is 5.82 Å². The summed E-state index contributed by atoms with van der Waals surface area (Å²) in [7, 11) is 0. The fourth-order valence-electron chi connectivity index (χ4n) is 1.64. The molecule has 0 saturated heterocycles. The number of halogens is 2. The molecule has 1 N–H and O–H groups in total. The van der Waals surface area contributed by atoms with Gasteiger partial charge in [0.1, 0.15) is 21.7 Å². The average molecular weight is 326 g/mol. The molecule has 0 aromatic carbocycles. The molecule has 0 spiro atoms. The minimum Gasteiger partial charge on any atom is -0.492 e. The molecule has 2 heterocycles. The molecular formula is C14H13Cl2N3O2. The maximum atomic E-state index is 11.9. The van der Waals surface area contributed by atoms with E-state index in [4.69, 9.17) is 27.9 Å². The van der Waals surface area contributed by atoms with Crippen LogP contribution in [0.1, 0.15) is 12.5 Å². The zero-order valence-corrected chi connectivity index (χ0v) is 12.8. The highest BCUT2D eigenvalue weighted by atomic mass is 35.5. The molecule has 0 bridgehead atoms. The van der Waals surface area contributed by atoms with Crippen molar-refractivity contribution < 1.29 is 9.53 Å². The Hall–Kier alpha value is -1.85. The summed E-state index contributed by atoms with van der Waals surface area (Å²) in [5, 5.41) is 3.47. The van der Waals surface area contributed by atoms with E-state index in [9.17, 15) is 4.79 Å². The van der Waals surface area contributed by atoms with Gasteiger partial charge in [0.15, 0.2) is 0 Å². The van der Waals surface area contributed by atoms with Crippen molar-refractivity contribution in [2.75, 3.05) is 11.9 Å². The maximum Gasteiger partial charge on any atom is 0.230 e. The van der Waals surface area contributed by atoms with Gasteiger partial charge in [0, 0.05) is 12.3 Å². The zero-order chi connectivity index (χ0) is 15.2. The maximum absolute atomic E-state index is 11.9. The molecule has 0 aliphatic heterocycles. The molecule has 0 atom stereocenters. The minimum absolute atomic E-state index is 0.179. The van der Waals surface area contributed by atoms with Crippen LogP contribution in [-0.2, 0) is 11.2 Å². The van der Waals surface area contributed by atoms with E-state index in [0.29, 0.717) is 28.3 Å². The van der Waals surface area contributed by atoms with E-state index in [1.54, 1.807) is 24.4 Å². The number of nitrogens with one attached hydrogen (secondary N) is 1. The molecule has 7 heteroatoms. The predicted molar refractivity (Wildman–Crippen MR) is 82.0 cm³/mol. The number of hydrogen-bond donors (Lipinski definition) is 1. The smallest absolute Gasteiger partial charge is 0.230 e.